The molecule has 0 fully saturated rings. The van der Waals surface area contributed by atoms with Crippen LogP contribution in [0, 0.1) is 0 Å². The molecule has 1 aromatic heterocycles. The summed E-state index contributed by atoms with van der Waals surface area (Å²) in [6.45, 7) is 2.83. The molecule has 0 radical (unpaired) electrons. The Morgan fingerprint density at radius 1 is 1.04 bits per heavy atom. The quantitative estimate of drug-likeness (QED) is 0.411. The summed E-state index contributed by atoms with van der Waals surface area (Å²) in [4.78, 5) is 10.7. The van der Waals surface area contributed by atoms with Crippen LogP contribution in [0.15, 0.2) is 12.4 Å². The fourth-order valence-corrected chi connectivity index (χ4v) is 3.07. The standard InChI is InChI=1S/C19H34N2O2/c1-3-4-5-6-7-8-9-10-11-12-13-18-20(2)16-17-21(18)15-14-19(22)23/h16-17H,3-15H2,1-2H3/p+1. The van der Waals surface area contributed by atoms with Crippen molar-refractivity contribution in [3.8, 4) is 0 Å². The summed E-state index contributed by atoms with van der Waals surface area (Å²) in [5.74, 6) is 0.511. The van der Waals surface area contributed by atoms with Crippen molar-refractivity contribution in [1.29, 1.82) is 0 Å². The fourth-order valence-electron chi connectivity index (χ4n) is 3.07. The van der Waals surface area contributed by atoms with Crippen LogP contribution in [0.3, 0.4) is 0 Å². The van der Waals surface area contributed by atoms with Crippen molar-refractivity contribution in [2.75, 3.05) is 0 Å². The monoisotopic (exact) mass is 323 g/mol. The molecule has 1 heterocycles. The molecule has 0 amide bonds. The Balaban J connectivity index is 2.11. The maximum Gasteiger partial charge on any atom is 0.307 e. The lowest BCUT2D eigenvalue weighted by molar-refractivity contribution is -0.678. The molecule has 0 aromatic carbocycles. The highest BCUT2D eigenvalue weighted by atomic mass is 16.4. The van der Waals surface area contributed by atoms with Gasteiger partial charge in [0.25, 0.3) is 5.82 Å². The summed E-state index contributed by atoms with van der Waals surface area (Å²) in [6, 6.07) is 0. The molecule has 23 heavy (non-hydrogen) atoms. The van der Waals surface area contributed by atoms with Crippen LogP contribution >= 0.6 is 0 Å². The summed E-state index contributed by atoms with van der Waals surface area (Å²) in [6.07, 6.45) is 18.7. The lowest BCUT2D eigenvalue weighted by atomic mass is 10.1. The third-order valence-electron chi connectivity index (χ3n) is 4.53. The number of aliphatic carboxylic acids is 1. The minimum atomic E-state index is -0.730. The van der Waals surface area contributed by atoms with Gasteiger partial charge in [0.1, 0.15) is 18.9 Å². The smallest absolute Gasteiger partial charge is 0.307 e. The highest BCUT2D eigenvalue weighted by molar-refractivity contribution is 5.66. The first-order valence-electron chi connectivity index (χ1n) is 9.40. The van der Waals surface area contributed by atoms with Gasteiger partial charge in [-0.2, -0.15) is 0 Å². The minimum absolute atomic E-state index is 0.194. The highest BCUT2D eigenvalue weighted by Gasteiger charge is 2.14. The van der Waals surface area contributed by atoms with Gasteiger partial charge < -0.3 is 5.11 Å². The zero-order valence-corrected chi connectivity index (χ0v) is 15.1. The van der Waals surface area contributed by atoms with E-state index in [2.05, 4.69) is 16.1 Å². The topological polar surface area (TPSA) is 46.1 Å². The molecule has 4 nitrogen and oxygen atoms in total. The minimum Gasteiger partial charge on any atom is -0.481 e. The zero-order chi connectivity index (χ0) is 16.9. The summed E-state index contributed by atoms with van der Waals surface area (Å²) in [7, 11) is 2.04. The van der Waals surface area contributed by atoms with E-state index in [0.717, 1.165) is 6.42 Å². The molecule has 1 aromatic rings. The van der Waals surface area contributed by atoms with Gasteiger partial charge in [-0.1, -0.05) is 64.7 Å². The van der Waals surface area contributed by atoms with Crippen LogP contribution in [0.25, 0.3) is 0 Å². The molecule has 1 N–H and O–H groups in total. The van der Waals surface area contributed by atoms with Gasteiger partial charge in [-0.05, 0) is 6.42 Å². The third kappa shape index (κ3) is 8.77. The molecular weight excluding hydrogens is 288 g/mol. The van der Waals surface area contributed by atoms with E-state index in [1.807, 2.05) is 19.4 Å². The van der Waals surface area contributed by atoms with Crippen LogP contribution in [0.2, 0.25) is 0 Å². The summed E-state index contributed by atoms with van der Waals surface area (Å²) < 4.78 is 4.21. The van der Waals surface area contributed by atoms with Gasteiger partial charge >= 0.3 is 5.97 Å². The van der Waals surface area contributed by atoms with Gasteiger partial charge in [0.05, 0.1) is 13.5 Å². The first-order valence-corrected chi connectivity index (χ1v) is 9.40. The number of rotatable bonds is 14. The number of carbonyl (C=O) groups is 1. The molecule has 0 atom stereocenters. The Hall–Kier alpha value is -1.32. The molecule has 0 bridgehead atoms. The molecule has 1 rings (SSSR count). The van der Waals surface area contributed by atoms with E-state index in [1.165, 1.54) is 70.0 Å². The second kappa shape index (κ2) is 12.1. The zero-order valence-electron chi connectivity index (χ0n) is 15.1. The third-order valence-corrected chi connectivity index (χ3v) is 4.53. The number of hydrogen-bond donors (Lipinski definition) is 1. The number of carboxylic acid groups (broad SMARTS) is 1. The van der Waals surface area contributed by atoms with Crippen molar-refractivity contribution in [2.45, 2.75) is 90.5 Å². The lowest BCUT2D eigenvalue weighted by Gasteiger charge is -2.03. The summed E-state index contributed by atoms with van der Waals surface area (Å²) in [5.41, 5.74) is 0. The second-order valence-electron chi connectivity index (χ2n) is 6.59. The normalized spacial score (nSPS) is 11.0. The SMILES string of the molecule is CCCCCCCCCCCCc1n(CCC(=O)O)cc[n+]1C. The molecule has 0 aliphatic rings. The van der Waals surface area contributed by atoms with Crippen LogP contribution in [0.5, 0.6) is 0 Å². The molecule has 4 heteroatoms. The van der Waals surface area contributed by atoms with Crippen LogP contribution in [-0.4, -0.2) is 15.6 Å². The molecule has 0 spiro atoms. The van der Waals surface area contributed by atoms with E-state index < -0.39 is 5.97 Å². The number of aryl methyl sites for hydroxylation is 2. The lowest BCUT2D eigenvalue weighted by Crippen LogP contribution is -2.32. The predicted octanol–water partition coefficient (Wildman–Crippen LogP) is 4.25. The number of hydrogen-bond acceptors (Lipinski definition) is 1. The number of unbranched alkanes of at least 4 members (excludes halogenated alkanes) is 9. The van der Waals surface area contributed by atoms with Gasteiger partial charge in [-0.3, -0.25) is 4.79 Å². The Bertz CT molecular complexity index is 441. The van der Waals surface area contributed by atoms with Gasteiger partial charge in [0.15, 0.2) is 0 Å². The van der Waals surface area contributed by atoms with E-state index in [4.69, 9.17) is 5.11 Å². The van der Waals surface area contributed by atoms with E-state index in [0.29, 0.717) is 6.54 Å². The summed E-state index contributed by atoms with van der Waals surface area (Å²) >= 11 is 0. The van der Waals surface area contributed by atoms with Gasteiger partial charge in [0.2, 0.25) is 0 Å². The Labute approximate surface area is 141 Å². The average molecular weight is 324 g/mol. The highest BCUT2D eigenvalue weighted by Crippen LogP contribution is 2.12. The van der Waals surface area contributed by atoms with Crippen molar-refractivity contribution in [3.63, 3.8) is 0 Å². The maximum atomic E-state index is 10.7. The largest absolute Gasteiger partial charge is 0.481 e. The molecule has 0 aliphatic carbocycles. The number of carboxylic acids is 1. The first-order chi connectivity index (χ1) is 11.1. The summed E-state index contributed by atoms with van der Waals surface area (Å²) in [5, 5.41) is 8.82. The van der Waals surface area contributed by atoms with E-state index in [1.54, 1.807) is 0 Å². The molecular formula is C19H35N2O2+. The Morgan fingerprint density at radius 2 is 1.61 bits per heavy atom. The fraction of sp³-hybridized carbons (Fsp3) is 0.789. The van der Waals surface area contributed by atoms with Crippen molar-refractivity contribution in [3.05, 3.63) is 18.2 Å². The van der Waals surface area contributed by atoms with Crippen LogP contribution in [0.1, 0.15) is 83.4 Å². The average Bonchev–Trinajstić information content (AvgIpc) is 2.87. The maximum absolute atomic E-state index is 10.7. The van der Waals surface area contributed by atoms with Crippen molar-refractivity contribution in [1.82, 2.24) is 4.57 Å². The van der Waals surface area contributed by atoms with Crippen molar-refractivity contribution >= 4 is 5.97 Å². The van der Waals surface area contributed by atoms with Crippen molar-refractivity contribution < 1.29 is 14.5 Å². The van der Waals surface area contributed by atoms with Crippen LogP contribution in [0.4, 0.5) is 0 Å². The van der Waals surface area contributed by atoms with Gasteiger partial charge in [-0.15, -0.1) is 0 Å². The molecule has 0 unspecified atom stereocenters. The predicted molar refractivity (Wildman–Crippen MR) is 93.4 cm³/mol. The van der Waals surface area contributed by atoms with Gasteiger partial charge in [-0.25, -0.2) is 9.13 Å². The van der Waals surface area contributed by atoms with E-state index in [-0.39, 0.29) is 6.42 Å². The number of imidazole rings is 1. The number of aromatic nitrogens is 2. The van der Waals surface area contributed by atoms with Gasteiger partial charge in [0, 0.05) is 6.42 Å². The molecule has 0 saturated heterocycles. The van der Waals surface area contributed by atoms with Crippen LogP contribution < -0.4 is 4.57 Å². The Morgan fingerprint density at radius 3 is 2.17 bits per heavy atom. The number of nitrogens with zero attached hydrogens (tertiary/aromatic N) is 2. The molecule has 0 saturated carbocycles. The second-order valence-corrected chi connectivity index (χ2v) is 6.59. The Kier molecular flexibility index (Phi) is 10.4. The van der Waals surface area contributed by atoms with Crippen LogP contribution in [-0.2, 0) is 24.8 Å². The van der Waals surface area contributed by atoms with E-state index >= 15 is 0 Å². The van der Waals surface area contributed by atoms with E-state index in [9.17, 15) is 4.79 Å². The molecule has 0 aliphatic heterocycles. The molecule has 132 valence electrons. The van der Waals surface area contributed by atoms with Crippen molar-refractivity contribution in [2.24, 2.45) is 7.05 Å². The first kappa shape index (κ1) is 19.7.